The van der Waals surface area contributed by atoms with Crippen LogP contribution in [0.4, 0.5) is 5.69 Å². The zero-order chi connectivity index (χ0) is 16.7. The highest BCUT2D eigenvalue weighted by Crippen LogP contribution is 2.21. The Labute approximate surface area is 133 Å². The second-order valence-electron chi connectivity index (χ2n) is 4.87. The van der Waals surface area contributed by atoms with E-state index in [4.69, 9.17) is 9.47 Å². The number of nitro benzene ring substituents is 1. The molecular formula is C17H17NO5. The van der Waals surface area contributed by atoms with Gasteiger partial charge >= 0.3 is 5.97 Å². The van der Waals surface area contributed by atoms with Gasteiger partial charge in [-0.1, -0.05) is 19.4 Å². The maximum Gasteiger partial charge on any atom is 0.343 e. The molecule has 0 fully saturated rings. The van der Waals surface area contributed by atoms with Gasteiger partial charge in [-0.05, 0) is 36.8 Å². The van der Waals surface area contributed by atoms with Crippen LogP contribution in [-0.2, 0) is 0 Å². The van der Waals surface area contributed by atoms with Crippen molar-refractivity contribution >= 4 is 11.7 Å². The predicted molar refractivity (Wildman–Crippen MR) is 84.9 cm³/mol. The number of hydrogen-bond donors (Lipinski definition) is 0. The zero-order valence-electron chi connectivity index (χ0n) is 12.7. The average molecular weight is 315 g/mol. The van der Waals surface area contributed by atoms with Crippen LogP contribution in [0.5, 0.6) is 11.5 Å². The summed E-state index contributed by atoms with van der Waals surface area (Å²) < 4.78 is 10.7. The number of carbonyl (C=O) groups is 1. The third-order valence-corrected chi connectivity index (χ3v) is 3.10. The molecule has 0 amide bonds. The quantitative estimate of drug-likeness (QED) is 0.254. The lowest BCUT2D eigenvalue weighted by Crippen LogP contribution is -2.08. The van der Waals surface area contributed by atoms with Crippen LogP contribution in [0.25, 0.3) is 0 Å². The van der Waals surface area contributed by atoms with E-state index in [0.29, 0.717) is 17.9 Å². The molecule has 0 aliphatic rings. The van der Waals surface area contributed by atoms with Crippen molar-refractivity contribution in [2.24, 2.45) is 0 Å². The average Bonchev–Trinajstić information content (AvgIpc) is 2.56. The number of benzene rings is 2. The fourth-order valence-electron chi connectivity index (χ4n) is 1.85. The third kappa shape index (κ3) is 4.81. The molecule has 0 aromatic heterocycles. The highest BCUT2D eigenvalue weighted by molar-refractivity contribution is 5.91. The Morgan fingerprint density at radius 3 is 2.52 bits per heavy atom. The smallest absolute Gasteiger partial charge is 0.343 e. The number of hydrogen-bond acceptors (Lipinski definition) is 5. The molecule has 2 aromatic carbocycles. The number of ether oxygens (including phenoxy) is 2. The highest BCUT2D eigenvalue weighted by atomic mass is 16.6. The van der Waals surface area contributed by atoms with Crippen molar-refractivity contribution in [2.45, 2.75) is 19.8 Å². The number of nitrogens with zero attached hydrogens (tertiary/aromatic N) is 1. The molecule has 23 heavy (non-hydrogen) atoms. The minimum absolute atomic E-state index is 0.130. The second-order valence-corrected chi connectivity index (χ2v) is 4.87. The van der Waals surface area contributed by atoms with E-state index in [9.17, 15) is 14.9 Å². The predicted octanol–water partition coefficient (Wildman–Crippen LogP) is 3.99. The summed E-state index contributed by atoms with van der Waals surface area (Å²) in [4.78, 5) is 22.2. The highest BCUT2D eigenvalue weighted by Gasteiger charge is 2.12. The van der Waals surface area contributed by atoms with Gasteiger partial charge in [-0.15, -0.1) is 0 Å². The van der Waals surface area contributed by atoms with Crippen LogP contribution in [0.2, 0.25) is 0 Å². The monoisotopic (exact) mass is 315 g/mol. The van der Waals surface area contributed by atoms with Crippen LogP contribution in [0.1, 0.15) is 30.1 Å². The molecule has 0 heterocycles. The molecule has 0 N–H and O–H groups in total. The van der Waals surface area contributed by atoms with Crippen LogP contribution in [0.3, 0.4) is 0 Å². The topological polar surface area (TPSA) is 78.7 Å². The molecule has 0 atom stereocenters. The summed E-state index contributed by atoms with van der Waals surface area (Å²) >= 11 is 0. The van der Waals surface area contributed by atoms with Gasteiger partial charge in [-0.2, -0.15) is 0 Å². The molecule has 0 aliphatic carbocycles. The number of unbranched alkanes of at least 4 members (excludes halogenated alkanes) is 1. The van der Waals surface area contributed by atoms with Crippen LogP contribution in [0, 0.1) is 10.1 Å². The van der Waals surface area contributed by atoms with Crippen LogP contribution < -0.4 is 9.47 Å². The van der Waals surface area contributed by atoms with Gasteiger partial charge < -0.3 is 9.47 Å². The summed E-state index contributed by atoms with van der Waals surface area (Å²) in [5, 5.41) is 10.7. The summed E-state index contributed by atoms with van der Waals surface area (Å²) in [5.74, 6) is 0.239. The van der Waals surface area contributed by atoms with Crippen molar-refractivity contribution in [3.63, 3.8) is 0 Å². The zero-order valence-corrected chi connectivity index (χ0v) is 12.7. The summed E-state index contributed by atoms with van der Waals surface area (Å²) in [7, 11) is 0. The van der Waals surface area contributed by atoms with Gasteiger partial charge in [0.25, 0.3) is 5.69 Å². The minimum atomic E-state index is -0.578. The fourth-order valence-corrected chi connectivity index (χ4v) is 1.85. The van der Waals surface area contributed by atoms with Crippen LogP contribution in [-0.4, -0.2) is 17.5 Å². The van der Waals surface area contributed by atoms with Crippen molar-refractivity contribution in [1.29, 1.82) is 0 Å². The van der Waals surface area contributed by atoms with Gasteiger partial charge in [0.2, 0.25) is 0 Å². The Kier molecular flexibility index (Phi) is 5.68. The fraction of sp³-hybridized carbons (Fsp3) is 0.235. The van der Waals surface area contributed by atoms with Crippen molar-refractivity contribution in [2.75, 3.05) is 6.61 Å². The second kappa shape index (κ2) is 7.93. The van der Waals surface area contributed by atoms with E-state index in [-0.39, 0.29) is 11.4 Å². The first-order valence-corrected chi connectivity index (χ1v) is 7.29. The van der Waals surface area contributed by atoms with Gasteiger partial charge in [-0.25, -0.2) is 4.79 Å². The molecule has 0 aliphatic heterocycles. The summed E-state index contributed by atoms with van der Waals surface area (Å²) in [6.45, 7) is 2.71. The Bertz CT molecular complexity index is 682. The first-order valence-electron chi connectivity index (χ1n) is 7.29. The molecule has 0 bridgehead atoms. The molecule has 120 valence electrons. The molecule has 6 nitrogen and oxygen atoms in total. The first kappa shape index (κ1) is 16.5. The third-order valence-electron chi connectivity index (χ3n) is 3.10. The molecule has 0 spiro atoms. The lowest BCUT2D eigenvalue weighted by Gasteiger charge is -2.07. The van der Waals surface area contributed by atoms with Gasteiger partial charge in [-0.3, -0.25) is 10.1 Å². The van der Waals surface area contributed by atoms with E-state index in [1.54, 1.807) is 24.3 Å². The molecule has 0 unspecified atom stereocenters. The van der Waals surface area contributed by atoms with E-state index in [2.05, 4.69) is 6.92 Å². The summed E-state index contributed by atoms with van der Waals surface area (Å²) in [5.41, 5.74) is 0.217. The summed E-state index contributed by atoms with van der Waals surface area (Å²) in [6, 6.07) is 12.1. The Balaban J connectivity index is 2.00. The Morgan fingerprint density at radius 1 is 1.13 bits per heavy atom. The van der Waals surface area contributed by atoms with Gasteiger partial charge in [0, 0.05) is 6.07 Å². The maximum absolute atomic E-state index is 12.0. The number of rotatable bonds is 7. The van der Waals surface area contributed by atoms with E-state index < -0.39 is 10.9 Å². The van der Waals surface area contributed by atoms with Crippen LogP contribution >= 0.6 is 0 Å². The molecule has 0 saturated carbocycles. The molecule has 2 rings (SSSR count). The first-order chi connectivity index (χ1) is 11.1. The maximum atomic E-state index is 12.0. The Hall–Kier alpha value is -2.89. The lowest BCUT2D eigenvalue weighted by molar-refractivity contribution is -0.384. The normalized spacial score (nSPS) is 10.1. The van der Waals surface area contributed by atoms with Gasteiger partial charge in [0.05, 0.1) is 23.2 Å². The standard InChI is InChI=1S/C17H17NO5/c1-2-3-11-22-15-9-7-13(8-10-15)17(19)23-16-6-4-5-14(12-16)18(20)21/h4-10,12H,2-3,11H2,1H3. The summed E-state index contributed by atoms with van der Waals surface area (Å²) in [6.07, 6.45) is 2.02. The minimum Gasteiger partial charge on any atom is -0.494 e. The van der Waals surface area contributed by atoms with Crippen LogP contribution in [0.15, 0.2) is 48.5 Å². The van der Waals surface area contributed by atoms with E-state index in [1.165, 1.54) is 24.3 Å². The van der Waals surface area contributed by atoms with Crippen molar-refractivity contribution in [3.05, 3.63) is 64.2 Å². The molecule has 0 saturated heterocycles. The van der Waals surface area contributed by atoms with Crippen molar-refractivity contribution in [1.82, 2.24) is 0 Å². The number of carbonyl (C=O) groups excluding carboxylic acids is 1. The molecule has 2 aromatic rings. The number of esters is 1. The molecule has 6 heteroatoms. The van der Waals surface area contributed by atoms with Crippen molar-refractivity contribution < 1.29 is 19.2 Å². The van der Waals surface area contributed by atoms with Gasteiger partial charge in [0.1, 0.15) is 11.5 Å². The van der Waals surface area contributed by atoms with E-state index in [1.807, 2.05) is 0 Å². The Morgan fingerprint density at radius 2 is 1.87 bits per heavy atom. The van der Waals surface area contributed by atoms with Crippen molar-refractivity contribution in [3.8, 4) is 11.5 Å². The number of non-ortho nitro benzene ring substituents is 1. The largest absolute Gasteiger partial charge is 0.494 e. The van der Waals surface area contributed by atoms with E-state index >= 15 is 0 Å². The lowest BCUT2D eigenvalue weighted by atomic mass is 10.2. The van der Waals surface area contributed by atoms with E-state index in [0.717, 1.165) is 12.8 Å². The molecule has 0 radical (unpaired) electrons. The number of nitro groups is 1. The van der Waals surface area contributed by atoms with Gasteiger partial charge in [0.15, 0.2) is 0 Å². The SMILES string of the molecule is CCCCOc1ccc(C(=O)Oc2cccc([N+](=O)[O-])c2)cc1. The molecular weight excluding hydrogens is 298 g/mol.